The molecule has 1 aliphatic heterocycles. The van der Waals surface area contributed by atoms with Gasteiger partial charge in [-0.25, -0.2) is 23.7 Å². The normalized spacial score (nSPS) is 15.3. The number of fused-ring (bicyclic) bond motifs is 2. The molecule has 37 heavy (non-hydrogen) atoms. The standard InChI is InChI=1S/C28H34FN7O/c1-16(2)35-25(37)19-15-30-26(32-18-8-9-20-17(14-18)12-13-31-28(20,6)7)34-24(19)36(35)22-11-10-21(29)23(33-22)27(3,4)5/h8-11,14-16,31H,12-13H2,1-7H3,(H,30,32,34). The van der Waals surface area contributed by atoms with E-state index >= 15 is 0 Å². The Balaban J connectivity index is 1.63. The van der Waals surface area contributed by atoms with Gasteiger partial charge in [0, 0.05) is 28.9 Å². The number of anilines is 2. The molecule has 0 amide bonds. The predicted octanol–water partition coefficient (Wildman–Crippen LogP) is 5.12. The number of halogens is 1. The monoisotopic (exact) mass is 503 g/mol. The Morgan fingerprint density at radius 3 is 2.59 bits per heavy atom. The Bertz CT molecular complexity index is 1560. The smallest absolute Gasteiger partial charge is 0.278 e. The highest BCUT2D eigenvalue weighted by molar-refractivity contribution is 5.77. The number of hydrogen-bond donors (Lipinski definition) is 2. The molecule has 0 fully saturated rings. The first-order valence-corrected chi connectivity index (χ1v) is 12.7. The highest BCUT2D eigenvalue weighted by atomic mass is 19.1. The minimum absolute atomic E-state index is 0.0780. The quantitative estimate of drug-likeness (QED) is 0.402. The highest BCUT2D eigenvalue weighted by Gasteiger charge is 2.27. The lowest BCUT2D eigenvalue weighted by molar-refractivity contribution is 0.382. The summed E-state index contributed by atoms with van der Waals surface area (Å²) in [5.41, 5.74) is 3.37. The van der Waals surface area contributed by atoms with Crippen molar-refractivity contribution in [2.75, 3.05) is 11.9 Å². The van der Waals surface area contributed by atoms with E-state index in [1.165, 1.54) is 17.2 Å². The van der Waals surface area contributed by atoms with E-state index in [2.05, 4.69) is 46.6 Å². The topological polar surface area (TPSA) is 89.7 Å². The zero-order chi connectivity index (χ0) is 26.7. The van der Waals surface area contributed by atoms with Gasteiger partial charge in [-0.1, -0.05) is 26.8 Å². The van der Waals surface area contributed by atoms with Gasteiger partial charge in [0.15, 0.2) is 11.5 Å². The predicted molar refractivity (Wildman–Crippen MR) is 144 cm³/mol. The number of rotatable bonds is 4. The van der Waals surface area contributed by atoms with Crippen LogP contribution < -0.4 is 16.2 Å². The molecule has 194 valence electrons. The first-order chi connectivity index (χ1) is 17.4. The summed E-state index contributed by atoms with van der Waals surface area (Å²) in [6, 6.07) is 9.08. The minimum atomic E-state index is -0.510. The van der Waals surface area contributed by atoms with Crippen molar-refractivity contribution in [1.82, 2.24) is 29.6 Å². The van der Waals surface area contributed by atoms with E-state index in [4.69, 9.17) is 4.98 Å². The Hall–Kier alpha value is -3.59. The molecule has 8 nitrogen and oxygen atoms in total. The van der Waals surface area contributed by atoms with Gasteiger partial charge in [-0.05, 0) is 76.1 Å². The Morgan fingerprint density at radius 1 is 1.14 bits per heavy atom. The number of pyridine rings is 1. The molecule has 0 radical (unpaired) electrons. The van der Waals surface area contributed by atoms with E-state index in [1.807, 2.05) is 40.7 Å². The van der Waals surface area contributed by atoms with Gasteiger partial charge in [-0.2, -0.15) is 4.98 Å². The minimum Gasteiger partial charge on any atom is -0.324 e. The number of hydrogen-bond acceptors (Lipinski definition) is 6. The van der Waals surface area contributed by atoms with Gasteiger partial charge in [0.2, 0.25) is 5.95 Å². The highest BCUT2D eigenvalue weighted by Crippen LogP contribution is 2.31. The molecule has 0 bridgehead atoms. The van der Waals surface area contributed by atoms with Gasteiger partial charge < -0.3 is 10.6 Å². The summed E-state index contributed by atoms with van der Waals surface area (Å²) in [5, 5.41) is 7.23. The lowest BCUT2D eigenvalue weighted by Crippen LogP contribution is -2.42. The van der Waals surface area contributed by atoms with Crippen molar-refractivity contribution in [3.63, 3.8) is 0 Å². The molecule has 5 rings (SSSR count). The van der Waals surface area contributed by atoms with Gasteiger partial charge in [0.25, 0.3) is 5.56 Å². The van der Waals surface area contributed by atoms with Gasteiger partial charge in [0.05, 0.1) is 5.69 Å². The molecule has 0 aliphatic carbocycles. The second-order valence-corrected chi connectivity index (χ2v) is 11.5. The van der Waals surface area contributed by atoms with E-state index in [0.29, 0.717) is 28.5 Å². The van der Waals surface area contributed by atoms with Crippen LogP contribution in [0.2, 0.25) is 0 Å². The van der Waals surface area contributed by atoms with Crippen LogP contribution in [-0.2, 0) is 17.4 Å². The summed E-state index contributed by atoms with van der Waals surface area (Å²) in [7, 11) is 0. The van der Waals surface area contributed by atoms with Gasteiger partial charge >= 0.3 is 0 Å². The number of aromatic nitrogens is 5. The largest absolute Gasteiger partial charge is 0.324 e. The van der Waals surface area contributed by atoms with Crippen molar-refractivity contribution in [2.24, 2.45) is 0 Å². The second kappa shape index (κ2) is 8.76. The van der Waals surface area contributed by atoms with Crippen LogP contribution in [0, 0.1) is 5.82 Å². The number of nitrogens with one attached hydrogen (secondary N) is 2. The average molecular weight is 504 g/mol. The van der Waals surface area contributed by atoms with E-state index in [-0.39, 0.29) is 23.0 Å². The van der Waals surface area contributed by atoms with E-state index < -0.39 is 5.41 Å². The molecule has 4 aromatic rings. The molecular weight excluding hydrogens is 469 g/mol. The second-order valence-electron chi connectivity index (χ2n) is 11.5. The third kappa shape index (κ3) is 4.41. The van der Waals surface area contributed by atoms with Crippen molar-refractivity contribution < 1.29 is 4.39 Å². The van der Waals surface area contributed by atoms with Crippen molar-refractivity contribution >= 4 is 22.7 Å². The lowest BCUT2D eigenvalue weighted by atomic mass is 9.85. The van der Waals surface area contributed by atoms with E-state index in [1.54, 1.807) is 21.6 Å². The average Bonchev–Trinajstić information content (AvgIpc) is 3.10. The maximum absolute atomic E-state index is 14.7. The first kappa shape index (κ1) is 25.1. The summed E-state index contributed by atoms with van der Waals surface area (Å²) in [4.78, 5) is 27.2. The maximum atomic E-state index is 14.7. The van der Waals surface area contributed by atoms with Crippen molar-refractivity contribution in [1.29, 1.82) is 0 Å². The molecule has 0 saturated heterocycles. The number of nitrogens with zero attached hydrogens (tertiary/aromatic N) is 5. The fourth-order valence-corrected chi connectivity index (χ4v) is 5.04. The summed E-state index contributed by atoms with van der Waals surface area (Å²) >= 11 is 0. The molecule has 3 aromatic heterocycles. The third-order valence-electron chi connectivity index (χ3n) is 6.87. The molecule has 4 heterocycles. The summed E-state index contributed by atoms with van der Waals surface area (Å²) in [6.07, 6.45) is 2.49. The fraction of sp³-hybridized carbons (Fsp3) is 0.429. The first-order valence-electron chi connectivity index (χ1n) is 12.7. The van der Waals surface area contributed by atoms with Crippen LogP contribution in [0.25, 0.3) is 16.9 Å². The lowest BCUT2D eigenvalue weighted by Gasteiger charge is -2.34. The molecule has 0 saturated carbocycles. The zero-order valence-corrected chi connectivity index (χ0v) is 22.5. The summed E-state index contributed by atoms with van der Waals surface area (Å²) in [6.45, 7) is 14.8. The van der Waals surface area contributed by atoms with Gasteiger partial charge in [0.1, 0.15) is 11.2 Å². The molecule has 9 heteroatoms. The number of benzene rings is 1. The van der Waals surface area contributed by atoms with Crippen LogP contribution in [-0.4, -0.2) is 30.9 Å². The molecular formula is C28H34FN7O. The molecule has 1 aliphatic rings. The van der Waals surface area contributed by atoms with Crippen molar-refractivity contribution in [3.05, 3.63) is 69.5 Å². The van der Waals surface area contributed by atoms with Crippen molar-refractivity contribution in [2.45, 2.75) is 71.9 Å². The maximum Gasteiger partial charge on any atom is 0.278 e. The zero-order valence-electron chi connectivity index (χ0n) is 22.5. The van der Waals surface area contributed by atoms with Crippen LogP contribution in [0.4, 0.5) is 16.0 Å². The summed E-state index contributed by atoms with van der Waals surface area (Å²) < 4.78 is 17.9. The van der Waals surface area contributed by atoms with Gasteiger partial charge in [-0.3, -0.25) is 4.79 Å². The molecule has 0 unspecified atom stereocenters. The van der Waals surface area contributed by atoms with Crippen LogP contribution in [0.5, 0.6) is 0 Å². The SMILES string of the molecule is CC(C)n1c(=O)c2cnc(Nc3ccc4c(c3)CCNC4(C)C)nc2n1-c1ccc(F)c(C(C)(C)C)n1. The molecule has 2 N–H and O–H groups in total. The molecule has 0 spiro atoms. The third-order valence-corrected chi connectivity index (χ3v) is 6.87. The van der Waals surface area contributed by atoms with Crippen LogP contribution in [0.15, 0.2) is 41.3 Å². The Labute approximate surface area is 216 Å². The van der Waals surface area contributed by atoms with Crippen molar-refractivity contribution in [3.8, 4) is 5.82 Å². The Morgan fingerprint density at radius 2 is 1.89 bits per heavy atom. The Kier molecular flexibility index (Phi) is 5.94. The van der Waals surface area contributed by atoms with Gasteiger partial charge in [-0.15, -0.1) is 0 Å². The van der Waals surface area contributed by atoms with Crippen LogP contribution in [0.1, 0.15) is 71.3 Å². The molecule has 0 atom stereocenters. The van der Waals surface area contributed by atoms with Crippen LogP contribution in [0.3, 0.4) is 0 Å². The van der Waals surface area contributed by atoms with Crippen LogP contribution >= 0.6 is 0 Å². The van der Waals surface area contributed by atoms with E-state index in [9.17, 15) is 9.18 Å². The summed E-state index contributed by atoms with van der Waals surface area (Å²) in [5.74, 6) is 0.419. The van der Waals surface area contributed by atoms with E-state index in [0.717, 1.165) is 18.7 Å². The fourth-order valence-electron chi connectivity index (χ4n) is 5.04. The molecule has 1 aromatic carbocycles.